The Balaban J connectivity index is 2.33. The van der Waals surface area contributed by atoms with Crippen LogP contribution in [0.2, 0.25) is 0 Å². The van der Waals surface area contributed by atoms with E-state index in [9.17, 15) is 4.79 Å². The van der Waals surface area contributed by atoms with E-state index in [2.05, 4.69) is 16.9 Å². The number of rotatable bonds is 4. The van der Waals surface area contributed by atoms with Crippen molar-refractivity contribution in [3.8, 4) is 17.1 Å². The van der Waals surface area contributed by atoms with Crippen molar-refractivity contribution < 1.29 is 4.74 Å². The van der Waals surface area contributed by atoms with Gasteiger partial charge in [-0.2, -0.15) is 0 Å². The molecule has 1 aromatic heterocycles. The molecule has 0 saturated carbocycles. The van der Waals surface area contributed by atoms with E-state index in [4.69, 9.17) is 4.74 Å². The quantitative estimate of drug-likeness (QED) is 0.935. The molecule has 0 spiro atoms. The molecule has 0 unspecified atom stereocenters. The maximum atomic E-state index is 11.8. The van der Waals surface area contributed by atoms with Gasteiger partial charge in [0.15, 0.2) is 0 Å². The SMILES string of the molecule is CCCOc1ccc(-c2nc(C(C)(C)C)cc(=O)[nH]2)cc1. The zero-order valence-corrected chi connectivity index (χ0v) is 13.1. The molecule has 2 rings (SSSR count). The van der Waals surface area contributed by atoms with Crippen LogP contribution in [0.3, 0.4) is 0 Å². The second-order valence-corrected chi connectivity index (χ2v) is 6.10. The summed E-state index contributed by atoms with van der Waals surface area (Å²) in [5, 5.41) is 0. The van der Waals surface area contributed by atoms with Gasteiger partial charge in [-0.1, -0.05) is 27.7 Å². The molecule has 0 aliphatic carbocycles. The van der Waals surface area contributed by atoms with E-state index in [1.54, 1.807) is 6.07 Å². The Morgan fingerprint density at radius 2 is 1.86 bits per heavy atom. The predicted molar refractivity (Wildman–Crippen MR) is 84.8 cm³/mol. The summed E-state index contributed by atoms with van der Waals surface area (Å²) in [5.41, 5.74) is 1.37. The fourth-order valence-electron chi connectivity index (χ4n) is 1.91. The lowest BCUT2D eigenvalue weighted by Crippen LogP contribution is -2.19. The third-order valence-corrected chi connectivity index (χ3v) is 3.11. The van der Waals surface area contributed by atoms with Crippen molar-refractivity contribution >= 4 is 0 Å². The molecule has 0 radical (unpaired) electrons. The van der Waals surface area contributed by atoms with Crippen LogP contribution in [-0.2, 0) is 5.41 Å². The van der Waals surface area contributed by atoms with Crippen molar-refractivity contribution in [2.24, 2.45) is 0 Å². The average molecular weight is 286 g/mol. The summed E-state index contributed by atoms with van der Waals surface area (Å²) in [6, 6.07) is 9.18. The number of H-pyrrole nitrogens is 1. The molecule has 0 saturated heterocycles. The zero-order chi connectivity index (χ0) is 15.5. The van der Waals surface area contributed by atoms with Crippen molar-refractivity contribution in [1.82, 2.24) is 9.97 Å². The Hall–Kier alpha value is -2.10. The first-order valence-electron chi connectivity index (χ1n) is 7.25. The molecule has 0 fully saturated rings. The van der Waals surface area contributed by atoms with E-state index >= 15 is 0 Å². The van der Waals surface area contributed by atoms with Crippen molar-refractivity contribution in [2.45, 2.75) is 39.5 Å². The van der Waals surface area contributed by atoms with Crippen LogP contribution < -0.4 is 10.3 Å². The monoisotopic (exact) mass is 286 g/mol. The Labute approximate surface area is 125 Å². The van der Waals surface area contributed by atoms with Crippen LogP contribution in [0.25, 0.3) is 11.4 Å². The standard InChI is InChI=1S/C17H22N2O2/c1-5-10-21-13-8-6-12(7-9-13)16-18-14(17(2,3)4)11-15(20)19-16/h6-9,11H,5,10H2,1-4H3,(H,18,19,20). The third-order valence-electron chi connectivity index (χ3n) is 3.11. The molecular weight excluding hydrogens is 264 g/mol. The van der Waals surface area contributed by atoms with Gasteiger partial charge in [-0.25, -0.2) is 4.98 Å². The number of hydrogen-bond donors (Lipinski definition) is 1. The van der Waals surface area contributed by atoms with Gasteiger partial charge in [0.05, 0.1) is 12.3 Å². The van der Waals surface area contributed by atoms with Gasteiger partial charge in [0.2, 0.25) is 0 Å². The number of aromatic nitrogens is 2. The molecular formula is C17H22N2O2. The largest absolute Gasteiger partial charge is 0.494 e. The Bertz CT molecular complexity index is 652. The van der Waals surface area contributed by atoms with E-state index in [0.29, 0.717) is 12.4 Å². The minimum absolute atomic E-state index is 0.128. The van der Waals surface area contributed by atoms with Crippen LogP contribution in [-0.4, -0.2) is 16.6 Å². The van der Waals surface area contributed by atoms with Crippen molar-refractivity contribution in [1.29, 1.82) is 0 Å². The summed E-state index contributed by atoms with van der Waals surface area (Å²) in [4.78, 5) is 19.2. The maximum absolute atomic E-state index is 11.8. The lowest BCUT2D eigenvalue weighted by Gasteiger charge is -2.17. The molecule has 112 valence electrons. The normalized spacial score (nSPS) is 11.4. The molecule has 4 heteroatoms. The highest BCUT2D eigenvalue weighted by atomic mass is 16.5. The van der Waals surface area contributed by atoms with Gasteiger partial charge in [-0.05, 0) is 30.7 Å². The molecule has 0 aliphatic rings. The van der Waals surface area contributed by atoms with Crippen molar-refractivity contribution in [3.63, 3.8) is 0 Å². The lowest BCUT2D eigenvalue weighted by atomic mass is 9.92. The number of benzene rings is 1. The van der Waals surface area contributed by atoms with Crippen LogP contribution in [0, 0.1) is 0 Å². The average Bonchev–Trinajstić information content (AvgIpc) is 2.44. The fourth-order valence-corrected chi connectivity index (χ4v) is 1.91. The molecule has 1 aromatic carbocycles. The minimum Gasteiger partial charge on any atom is -0.494 e. The number of nitrogens with one attached hydrogen (secondary N) is 1. The van der Waals surface area contributed by atoms with E-state index in [1.165, 1.54) is 0 Å². The molecule has 2 aromatic rings. The first-order valence-corrected chi connectivity index (χ1v) is 7.25. The zero-order valence-electron chi connectivity index (χ0n) is 13.1. The number of hydrogen-bond acceptors (Lipinski definition) is 3. The Morgan fingerprint density at radius 1 is 1.19 bits per heavy atom. The summed E-state index contributed by atoms with van der Waals surface area (Å²) in [6.07, 6.45) is 0.976. The second kappa shape index (κ2) is 6.12. The van der Waals surface area contributed by atoms with E-state index in [-0.39, 0.29) is 11.0 Å². The lowest BCUT2D eigenvalue weighted by molar-refractivity contribution is 0.317. The van der Waals surface area contributed by atoms with E-state index in [0.717, 1.165) is 23.4 Å². The highest BCUT2D eigenvalue weighted by Gasteiger charge is 2.17. The Morgan fingerprint density at radius 3 is 2.43 bits per heavy atom. The molecule has 0 aliphatic heterocycles. The van der Waals surface area contributed by atoms with Gasteiger partial charge in [-0.15, -0.1) is 0 Å². The van der Waals surface area contributed by atoms with Crippen molar-refractivity contribution in [2.75, 3.05) is 6.61 Å². The fraction of sp³-hybridized carbons (Fsp3) is 0.412. The number of nitrogens with zero attached hydrogens (tertiary/aromatic N) is 1. The summed E-state index contributed by atoms with van der Waals surface area (Å²) in [6.45, 7) is 8.90. The summed E-state index contributed by atoms with van der Waals surface area (Å²) < 4.78 is 5.56. The van der Waals surface area contributed by atoms with Gasteiger partial charge in [0, 0.05) is 17.0 Å². The third kappa shape index (κ3) is 3.94. The second-order valence-electron chi connectivity index (χ2n) is 6.10. The molecule has 21 heavy (non-hydrogen) atoms. The van der Waals surface area contributed by atoms with Crippen LogP contribution in [0.5, 0.6) is 5.75 Å². The van der Waals surface area contributed by atoms with Crippen LogP contribution in [0.4, 0.5) is 0 Å². The summed E-state index contributed by atoms with van der Waals surface area (Å²) in [7, 11) is 0. The van der Waals surface area contributed by atoms with Crippen LogP contribution in [0.1, 0.15) is 39.8 Å². The molecule has 0 bridgehead atoms. The van der Waals surface area contributed by atoms with Crippen molar-refractivity contribution in [3.05, 3.63) is 46.4 Å². The molecule has 0 amide bonds. The van der Waals surface area contributed by atoms with E-state index < -0.39 is 0 Å². The first kappa shape index (κ1) is 15.3. The summed E-state index contributed by atoms with van der Waals surface area (Å²) in [5.74, 6) is 1.42. The van der Waals surface area contributed by atoms with Gasteiger partial charge in [-0.3, -0.25) is 4.79 Å². The summed E-state index contributed by atoms with van der Waals surface area (Å²) >= 11 is 0. The molecule has 1 heterocycles. The topological polar surface area (TPSA) is 55.0 Å². The van der Waals surface area contributed by atoms with Gasteiger partial charge >= 0.3 is 0 Å². The van der Waals surface area contributed by atoms with Gasteiger partial charge in [0.1, 0.15) is 11.6 Å². The minimum atomic E-state index is -0.160. The van der Waals surface area contributed by atoms with Crippen LogP contribution in [0.15, 0.2) is 35.1 Å². The molecule has 4 nitrogen and oxygen atoms in total. The smallest absolute Gasteiger partial charge is 0.251 e. The molecule has 0 atom stereocenters. The number of ether oxygens (including phenoxy) is 1. The van der Waals surface area contributed by atoms with Gasteiger partial charge in [0.25, 0.3) is 5.56 Å². The molecule has 1 N–H and O–H groups in total. The van der Waals surface area contributed by atoms with Crippen LogP contribution >= 0.6 is 0 Å². The number of aromatic amines is 1. The highest BCUT2D eigenvalue weighted by molar-refractivity contribution is 5.56. The highest BCUT2D eigenvalue weighted by Crippen LogP contribution is 2.23. The van der Waals surface area contributed by atoms with Gasteiger partial charge < -0.3 is 9.72 Å². The maximum Gasteiger partial charge on any atom is 0.251 e. The first-order chi connectivity index (χ1) is 9.90. The Kier molecular flexibility index (Phi) is 4.46. The predicted octanol–water partition coefficient (Wildman–Crippen LogP) is 3.52. The van der Waals surface area contributed by atoms with E-state index in [1.807, 2.05) is 45.0 Å².